The average Bonchev–Trinajstić information content (AvgIpc) is 3.35. The molecule has 3 rings (SSSR count). The molecule has 0 bridgehead atoms. The van der Waals surface area contributed by atoms with Gasteiger partial charge in [0.15, 0.2) is 0 Å². The Kier molecular flexibility index (Phi) is 7.50. The molecule has 1 N–H and O–H groups in total. The Bertz CT molecular complexity index is 820. The molecule has 30 heavy (non-hydrogen) atoms. The number of hydrogen-bond acceptors (Lipinski definition) is 6. The van der Waals surface area contributed by atoms with Crippen molar-refractivity contribution in [2.75, 3.05) is 19.6 Å². The molecule has 0 spiro atoms. The van der Waals surface area contributed by atoms with Gasteiger partial charge in [-0.3, -0.25) is 4.79 Å². The minimum absolute atomic E-state index is 0.154. The number of fused-ring (bicyclic) bond motifs is 1. The SMILES string of the molecule is CC(C)(C)OC(=O)N(CCCCNCC1Cc2ccccc2O1)C(=O)c1ccsc1. The van der Waals surface area contributed by atoms with Crippen LogP contribution in [0.2, 0.25) is 0 Å². The molecule has 2 aromatic rings. The van der Waals surface area contributed by atoms with E-state index in [1.54, 1.807) is 32.2 Å². The van der Waals surface area contributed by atoms with E-state index in [2.05, 4.69) is 11.4 Å². The number of carbonyl (C=O) groups excluding carboxylic acids is 2. The molecule has 0 aliphatic carbocycles. The highest BCUT2D eigenvalue weighted by Gasteiger charge is 2.28. The van der Waals surface area contributed by atoms with E-state index in [1.165, 1.54) is 21.8 Å². The number of nitrogens with zero attached hydrogens (tertiary/aromatic N) is 1. The fraction of sp³-hybridized carbons (Fsp3) is 0.478. The van der Waals surface area contributed by atoms with E-state index in [1.807, 2.05) is 23.6 Å². The molecule has 2 heterocycles. The lowest BCUT2D eigenvalue weighted by molar-refractivity contribution is 0.0239. The number of hydrogen-bond donors (Lipinski definition) is 1. The number of para-hydroxylation sites is 1. The standard InChI is InChI=1S/C23H30N2O4S/c1-23(2,3)29-22(27)25(21(26)18-10-13-30-16-18)12-7-6-11-24-15-19-14-17-8-4-5-9-20(17)28-19/h4-5,8-10,13,16,19,24H,6-7,11-12,14-15H2,1-3H3. The largest absolute Gasteiger partial charge is 0.488 e. The zero-order valence-corrected chi connectivity index (χ0v) is 18.7. The summed E-state index contributed by atoms with van der Waals surface area (Å²) in [4.78, 5) is 26.5. The van der Waals surface area contributed by atoms with Gasteiger partial charge in [0.2, 0.25) is 0 Å². The van der Waals surface area contributed by atoms with Crippen LogP contribution >= 0.6 is 11.3 Å². The van der Waals surface area contributed by atoms with Gasteiger partial charge in [0.05, 0.1) is 5.56 Å². The van der Waals surface area contributed by atoms with Crippen LogP contribution in [0.25, 0.3) is 0 Å². The number of unbranched alkanes of at least 4 members (excludes halogenated alkanes) is 1. The second kappa shape index (κ2) is 10.1. The van der Waals surface area contributed by atoms with Crippen LogP contribution in [0, 0.1) is 0 Å². The molecule has 1 aromatic heterocycles. The van der Waals surface area contributed by atoms with E-state index in [0.29, 0.717) is 18.5 Å². The molecule has 0 saturated carbocycles. The first-order chi connectivity index (χ1) is 14.3. The van der Waals surface area contributed by atoms with Gasteiger partial charge in [-0.1, -0.05) is 18.2 Å². The van der Waals surface area contributed by atoms with Crippen LogP contribution < -0.4 is 10.1 Å². The van der Waals surface area contributed by atoms with Crippen LogP contribution in [-0.2, 0) is 11.2 Å². The summed E-state index contributed by atoms with van der Waals surface area (Å²) in [6.45, 7) is 7.29. The van der Waals surface area contributed by atoms with Crippen molar-refractivity contribution in [3.63, 3.8) is 0 Å². The highest BCUT2D eigenvalue weighted by atomic mass is 32.1. The van der Waals surface area contributed by atoms with Crippen molar-refractivity contribution in [2.45, 2.75) is 51.7 Å². The van der Waals surface area contributed by atoms with Crippen LogP contribution in [0.4, 0.5) is 4.79 Å². The molecule has 2 amide bonds. The molecule has 1 atom stereocenters. The summed E-state index contributed by atoms with van der Waals surface area (Å²) in [6.07, 6.45) is 2.03. The van der Waals surface area contributed by atoms with E-state index >= 15 is 0 Å². The molecule has 1 aromatic carbocycles. The number of carbonyl (C=O) groups is 2. The van der Waals surface area contributed by atoms with Gasteiger partial charge in [0.1, 0.15) is 17.5 Å². The molecule has 1 aliphatic heterocycles. The number of nitrogens with one attached hydrogen (secondary N) is 1. The summed E-state index contributed by atoms with van der Waals surface area (Å²) in [7, 11) is 0. The van der Waals surface area contributed by atoms with E-state index in [-0.39, 0.29) is 12.0 Å². The minimum Gasteiger partial charge on any atom is -0.488 e. The Labute approximate surface area is 182 Å². The van der Waals surface area contributed by atoms with Gasteiger partial charge in [-0.05, 0) is 63.2 Å². The molecule has 0 radical (unpaired) electrons. The minimum atomic E-state index is -0.648. The second-order valence-electron chi connectivity index (χ2n) is 8.41. The van der Waals surface area contributed by atoms with E-state index < -0.39 is 11.7 Å². The van der Waals surface area contributed by atoms with Gasteiger partial charge in [0.25, 0.3) is 5.91 Å². The van der Waals surface area contributed by atoms with Crippen molar-refractivity contribution in [3.05, 3.63) is 52.2 Å². The zero-order chi connectivity index (χ0) is 21.6. The van der Waals surface area contributed by atoms with Crippen molar-refractivity contribution in [1.29, 1.82) is 0 Å². The first-order valence-electron chi connectivity index (χ1n) is 10.4. The molecule has 1 aliphatic rings. The zero-order valence-electron chi connectivity index (χ0n) is 17.8. The summed E-state index contributed by atoms with van der Waals surface area (Å²) in [5, 5.41) is 7.00. The van der Waals surface area contributed by atoms with Crippen LogP contribution in [0.1, 0.15) is 49.5 Å². The van der Waals surface area contributed by atoms with Gasteiger partial charge in [-0.15, -0.1) is 0 Å². The predicted molar refractivity (Wildman–Crippen MR) is 118 cm³/mol. The highest BCUT2D eigenvalue weighted by molar-refractivity contribution is 7.08. The highest BCUT2D eigenvalue weighted by Crippen LogP contribution is 2.27. The first-order valence-corrected chi connectivity index (χ1v) is 11.3. The number of ether oxygens (including phenoxy) is 2. The number of benzene rings is 1. The monoisotopic (exact) mass is 430 g/mol. The maximum atomic E-state index is 12.7. The van der Waals surface area contributed by atoms with Crippen molar-refractivity contribution in [3.8, 4) is 5.75 Å². The molecule has 1 unspecified atom stereocenters. The van der Waals surface area contributed by atoms with E-state index in [4.69, 9.17) is 9.47 Å². The predicted octanol–water partition coefficient (Wildman–Crippen LogP) is 4.50. The van der Waals surface area contributed by atoms with E-state index in [0.717, 1.165) is 31.7 Å². The van der Waals surface area contributed by atoms with Gasteiger partial charge < -0.3 is 14.8 Å². The van der Waals surface area contributed by atoms with Crippen LogP contribution in [-0.4, -0.2) is 48.2 Å². The molecule has 0 fully saturated rings. The first kappa shape index (κ1) is 22.3. The molecular weight excluding hydrogens is 400 g/mol. The lowest BCUT2D eigenvalue weighted by Gasteiger charge is -2.26. The fourth-order valence-corrected chi connectivity index (χ4v) is 3.92. The number of imide groups is 1. The maximum Gasteiger partial charge on any atom is 0.417 e. The molecule has 162 valence electrons. The summed E-state index contributed by atoms with van der Waals surface area (Å²) >= 11 is 1.43. The molecular formula is C23H30N2O4S. The van der Waals surface area contributed by atoms with E-state index in [9.17, 15) is 9.59 Å². The van der Waals surface area contributed by atoms with Crippen LogP contribution in [0.3, 0.4) is 0 Å². The van der Waals surface area contributed by atoms with Gasteiger partial charge in [-0.25, -0.2) is 9.69 Å². The van der Waals surface area contributed by atoms with Crippen molar-refractivity contribution >= 4 is 23.3 Å². The Balaban J connectivity index is 1.42. The molecule has 0 saturated heterocycles. The lowest BCUT2D eigenvalue weighted by Crippen LogP contribution is -2.41. The third-order valence-corrected chi connectivity index (χ3v) is 5.38. The third kappa shape index (κ3) is 6.31. The Morgan fingerprint density at radius 2 is 2.03 bits per heavy atom. The van der Waals surface area contributed by atoms with Gasteiger partial charge in [0, 0.05) is 24.9 Å². The second-order valence-corrected chi connectivity index (χ2v) is 9.19. The van der Waals surface area contributed by atoms with Crippen molar-refractivity contribution < 1.29 is 19.1 Å². The molecule has 6 nitrogen and oxygen atoms in total. The summed E-state index contributed by atoms with van der Waals surface area (Å²) in [6, 6.07) is 9.86. The average molecular weight is 431 g/mol. The Morgan fingerprint density at radius 3 is 2.73 bits per heavy atom. The summed E-state index contributed by atoms with van der Waals surface area (Å²) in [5.41, 5.74) is 1.12. The number of amides is 2. The Morgan fingerprint density at radius 1 is 1.23 bits per heavy atom. The van der Waals surface area contributed by atoms with Crippen molar-refractivity contribution in [1.82, 2.24) is 10.2 Å². The maximum absolute atomic E-state index is 12.7. The normalized spacial score (nSPS) is 15.4. The third-order valence-electron chi connectivity index (χ3n) is 4.70. The molecule has 7 heteroatoms. The van der Waals surface area contributed by atoms with Crippen molar-refractivity contribution in [2.24, 2.45) is 0 Å². The summed E-state index contributed by atoms with van der Waals surface area (Å²) < 4.78 is 11.4. The number of thiophene rings is 1. The van der Waals surface area contributed by atoms with Gasteiger partial charge in [-0.2, -0.15) is 11.3 Å². The lowest BCUT2D eigenvalue weighted by atomic mass is 10.1. The fourth-order valence-electron chi connectivity index (χ4n) is 3.29. The summed E-state index contributed by atoms with van der Waals surface area (Å²) in [5.74, 6) is 0.667. The topological polar surface area (TPSA) is 67.9 Å². The smallest absolute Gasteiger partial charge is 0.417 e. The quantitative estimate of drug-likeness (QED) is 0.625. The number of rotatable bonds is 8. The Hall–Kier alpha value is -2.38. The van der Waals surface area contributed by atoms with Crippen LogP contribution in [0.5, 0.6) is 5.75 Å². The van der Waals surface area contributed by atoms with Crippen LogP contribution in [0.15, 0.2) is 41.1 Å². The van der Waals surface area contributed by atoms with Gasteiger partial charge >= 0.3 is 6.09 Å².